The van der Waals surface area contributed by atoms with Gasteiger partial charge in [0, 0.05) is 0 Å². The van der Waals surface area contributed by atoms with E-state index in [2.05, 4.69) is 261 Å². The fraction of sp³-hybridized carbons (Fsp3) is 0. The molecule has 0 spiro atoms. The van der Waals surface area contributed by atoms with Gasteiger partial charge >= 0.3 is 369 Å². The van der Waals surface area contributed by atoms with Crippen LogP contribution in [0.15, 0.2) is 0 Å². The molecule has 0 rings (SSSR count). The van der Waals surface area contributed by atoms with E-state index in [4.69, 9.17) is 0 Å². The Morgan fingerprint density at radius 1 is 0.333 bits per heavy atom. The van der Waals surface area contributed by atoms with Gasteiger partial charge in [-0.15, -0.1) is 0 Å². The summed E-state index contributed by atoms with van der Waals surface area (Å²) in [6.07, 6.45) is 0. The maximum atomic E-state index is 3.25. The normalized spacial score (nSPS) is 18.1. The topological polar surface area (TPSA) is 0 Å². The van der Waals surface area contributed by atoms with Crippen molar-refractivity contribution in [3.63, 3.8) is 0 Å². The number of halogens is 27. The van der Waals surface area contributed by atoms with Crippen LogP contribution in [0.3, 0.4) is 0 Å². The van der Waals surface area contributed by atoms with Crippen LogP contribution in [0.4, 0.5) is 0 Å². The van der Waals surface area contributed by atoms with Crippen LogP contribution in [0.1, 0.15) is 0 Å². The van der Waals surface area contributed by atoms with Crippen molar-refractivity contribution in [1.29, 1.82) is 0 Å². The summed E-state index contributed by atoms with van der Waals surface area (Å²) in [7, 11) is -5.18. The maximum absolute atomic E-state index is 3.25. The minimum absolute atomic E-state index is 0.354. The zero-order valence-electron chi connectivity index (χ0n) is 10.2. The van der Waals surface area contributed by atoms with Gasteiger partial charge in [0.1, 0.15) is 0 Å². The standard InChI is InChI=1S/I27/c1-15-17(4)19(6)21(8)23(10)25(12)27(14)26(13)24(11)22(9)20(7)18(5)16(2)3/q-1. The van der Waals surface area contributed by atoms with Crippen molar-refractivity contribution in [1.82, 2.24) is 0 Å². The van der Waals surface area contributed by atoms with E-state index in [1.165, 1.54) is 0 Å². The molecule has 0 aliphatic heterocycles. The molecule has 0 aromatic carbocycles. The molecule has 190 valence electrons. The molecule has 0 atom stereocenters. The molecule has 0 N–H and O–H groups in total. The molecule has 0 aromatic rings. The summed E-state index contributed by atoms with van der Waals surface area (Å²) in [5.41, 5.74) is 0. The molecule has 0 amide bonds. The average molecular weight is 3430 g/mol. The van der Waals surface area contributed by atoms with Crippen LogP contribution in [0.5, 0.6) is 0 Å². The number of rotatable bonds is 12. The fourth-order valence-corrected chi connectivity index (χ4v) is 4400. The van der Waals surface area contributed by atoms with Crippen LogP contribution in [-0.4, -0.2) is 0 Å². The molecule has 0 unspecified atom stereocenters. The van der Waals surface area contributed by atoms with Gasteiger partial charge in [-0.05, 0) is 0 Å². The summed E-state index contributed by atoms with van der Waals surface area (Å²) >= 11 is 44.4. The zero-order valence-corrected chi connectivity index (χ0v) is 68.5. The van der Waals surface area contributed by atoms with Crippen molar-refractivity contribution in [2.45, 2.75) is 0 Å². The zero-order chi connectivity index (χ0) is 21.6. The molecule has 0 aromatic heterocycles. The molecule has 0 bridgehead atoms. The van der Waals surface area contributed by atoms with Crippen LogP contribution < -0.4 is 13.3 Å². The molecular formula is I27-. The molecular weight excluding hydrogens is 3430 g/mol. The van der Waals surface area contributed by atoms with Gasteiger partial charge in [0.05, 0.1) is 0 Å². The molecule has 27 heavy (non-hydrogen) atoms. The summed E-state index contributed by atoms with van der Waals surface area (Å²) in [5.74, 6) is 0. The van der Waals surface area contributed by atoms with Crippen LogP contribution >= 0.6 is 355 Å². The Morgan fingerprint density at radius 3 is 0.778 bits per heavy atom. The first-order valence-corrected chi connectivity index (χ1v) is 167. The summed E-state index contributed by atoms with van der Waals surface area (Å²) in [4.78, 5) is 0. The Bertz CT molecular complexity index is 383. The number of hydrogen-bond acceptors (Lipinski definition) is 0. The predicted molar refractivity (Wildman–Crippen MR) is 365 cm³/mol. The first-order valence-electron chi connectivity index (χ1n) is 3.71. The first-order chi connectivity index (χ1) is 12.3. The van der Waals surface area contributed by atoms with Gasteiger partial charge in [0.15, 0.2) is 0 Å². The Kier molecular flexibility index (Phi) is 49.2. The van der Waals surface area contributed by atoms with Crippen LogP contribution in [0, 0.1) is 0 Å². The molecule has 0 radical (unpaired) electrons. The van der Waals surface area contributed by atoms with E-state index in [1.807, 2.05) is 0 Å². The van der Waals surface area contributed by atoms with Crippen LogP contribution in [0.2, 0.25) is 0 Å². The minimum atomic E-state index is -0.463. The van der Waals surface area contributed by atoms with Crippen LogP contribution in [-0.2, 0) is 0 Å². The van der Waals surface area contributed by atoms with Crippen molar-refractivity contribution >= 4 is 355 Å². The summed E-state index contributed by atoms with van der Waals surface area (Å²) in [5, 5.41) is 0. The van der Waals surface area contributed by atoms with Gasteiger partial charge in [-0.25, -0.2) is 0 Å². The second-order valence-corrected chi connectivity index (χ2v) is 603. The molecule has 0 aliphatic carbocycles. The Labute approximate surface area is 347 Å². The second kappa shape index (κ2) is 28.4. The first kappa shape index (κ1) is 46.7. The van der Waals surface area contributed by atoms with Gasteiger partial charge in [0.2, 0.25) is 0 Å². The van der Waals surface area contributed by atoms with E-state index < -0.39 is 78.9 Å². The van der Waals surface area contributed by atoms with Crippen molar-refractivity contribution in [3.8, 4) is 0 Å². The summed E-state index contributed by atoms with van der Waals surface area (Å²) in [6.45, 7) is 0. The summed E-state index contributed by atoms with van der Waals surface area (Å²) < 4.78 is 0. The quantitative estimate of drug-likeness (QED) is 0.171. The molecule has 0 aliphatic rings. The van der Waals surface area contributed by atoms with Crippen LogP contribution in [0.25, 0.3) is 0 Å². The van der Waals surface area contributed by atoms with E-state index in [1.54, 1.807) is 0 Å². The Hall–Kier alpha value is 19.7. The third-order valence-electron chi connectivity index (χ3n) is 0.939. The van der Waals surface area contributed by atoms with Gasteiger partial charge in [-0.3, -0.25) is 0 Å². The van der Waals surface area contributed by atoms with Gasteiger partial charge in [-0.1, -0.05) is 0 Å². The van der Waals surface area contributed by atoms with E-state index in [0.717, 1.165) is 0 Å². The van der Waals surface area contributed by atoms with Crippen molar-refractivity contribution < 1.29 is 13.3 Å². The van der Waals surface area contributed by atoms with E-state index in [9.17, 15) is 0 Å². The van der Waals surface area contributed by atoms with Gasteiger partial charge in [-0.2, -0.15) is 0 Å². The second-order valence-electron chi connectivity index (χ2n) is 2.00. The third-order valence-corrected chi connectivity index (χ3v) is 1900. The number of hydrogen-bond donors (Lipinski definition) is 0. The molecule has 27 heteroatoms. The Balaban J connectivity index is 5.06. The van der Waals surface area contributed by atoms with Crippen molar-refractivity contribution in [2.24, 2.45) is 0 Å². The van der Waals surface area contributed by atoms with Gasteiger partial charge < -0.3 is 0 Å². The summed E-state index contributed by atoms with van der Waals surface area (Å²) in [6, 6.07) is 0. The Morgan fingerprint density at radius 2 is 0.556 bits per heavy atom. The van der Waals surface area contributed by atoms with E-state index in [0.29, 0.717) is 13.3 Å². The molecule has 0 saturated heterocycles. The average Bonchev–Trinajstić information content (AvgIpc) is 2.66. The molecule has 0 heterocycles. The van der Waals surface area contributed by atoms with E-state index >= 15 is 0 Å². The fourth-order valence-electron chi connectivity index (χ4n) is 0.324. The predicted octanol–water partition coefficient (Wildman–Crippen LogP) is 20.0. The van der Waals surface area contributed by atoms with Crippen molar-refractivity contribution in [3.05, 3.63) is 0 Å². The van der Waals surface area contributed by atoms with Gasteiger partial charge in [0.25, 0.3) is 0 Å². The molecule has 0 fully saturated rings. The SMILES string of the molecule is I[I-]I(I)I(I)I(I)I(I)I(I)I(I)I(I)I(I)I(I)I(I)I(I)I(I)I. The van der Waals surface area contributed by atoms with Crippen molar-refractivity contribution in [2.75, 3.05) is 0 Å². The monoisotopic (exact) mass is 3430 g/mol. The van der Waals surface area contributed by atoms with E-state index in [-0.39, 0.29) is 15.8 Å². The molecule has 0 saturated carbocycles. The third kappa shape index (κ3) is 20.2. The molecule has 0 nitrogen and oxygen atoms in total.